The zero-order valence-corrected chi connectivity index (χ0v) is 48.6. The van der Waals surface area contributed by atoms with E-state index < -0.39 is 90.4 Å². The molecule has 0 N–H and O–H groups in total. The Bertz CT molecular complexity index is 2820. The number of allylic oxidation sites excluding steroid dienone is 6. The van der Waals surface area contributed by atoms with Crippen LogP contribution in [-0.4, -0.2) is 123 Å². The van der Waals surface area contributed by atoms with Gasteiger partial charge in [-0.2, -0.15) is 4.58 Å². The molecule has 2 aromatic rings. The van der Waals surface area contributed by atoms with Crippen molar-refractivity contribution in [3.05, 3.63) is 83.6 Å². The minimum atomic E-state index is -4.95. The zero-order chi connectivity index (χ0) is 48.9. The number of carbonyl (C=O) groups is 3. The fourth-order valence-electron chi connectivity index (χ4n) is 8.65. The van der Waals surface area contributed by atoms with Crippen molar-refractivity contribution in [1.82, 2.24) is 5.06 Å². The summed E-state index contributed by atoms with van der Waals surface area (Å²) in [7, 11) is -17.6. The average Bonchev–Trinajstić information content (AvgIpc) is 3.74. The van der Waals surface area contributed by atoms with Gasteiger partial charge in [0.1, 0.15) is 26.8 Å². The van der Waals surface area contributed by atoms with Crippen molar-refractivity contribution in [1.29, 1.82) is 0 Å². The van der Waals surface area contributed by atoms with E-state index in [0.29, 0.717) is 58.2 Å². The van der Waals surface area contributed by atoms with Crippen molar-refractivity contribution in [2.75, 3.05) is 43.2 Å². The summed E-state index contributed by atoms with van der Waals surface area (Å²) in [4.78, 5) is 41.9. The summed E-state index contributed by atoms with van der Waals surface area (Å²) in [6.07, 6.45) is 9.12. The van der Waals surface area contributed by atoms with E-state index in [1.807, 2.05) is 9.48 Å². The Hall–Kier alpha value is -1.66. The Kier molecular flexibility index (Phi) is 23.9. The van der Waals surface area contributed by atoms with Crippen molar-refractivity contribution < 1.29 is 169 Å². The number of imide groups is 1. The maximum atomic E-state index is 12.4. The van der Waals surface area contributed by atoms with E-state index in [1.54, 1.807) is 44.2 Å². The molecule has 362 valence electrons. The van der Waals surface area contributed by atoms with E-state index >= 15 is 0 Å². The van der Waals surface area contributed by atoms with Crippen LogP contribution in [0.5, 0.6) is 0 Å². The average molecular weight is 1070 g/mol. The molecule has 3 aliphatic rings. The van der Waals surface area contributed by atoms with E-state index in [0.717, 1.165) is 6.07 Å². The first-order chi connectivity index (χ1) is 30.7. The van der Waals surface area contributed by atoms with Crippen LogP contribution in [-0.2, 0) is 75.3 Å². The molecule has 20 nitrogen and oxygen atoms in total. The molecule has 1 fully saturated rings. The summed E-state index contributed by atoms with van der Waals surface area (Å²) in [5.41, 5.74) is 0.641. The Morgan fingerprint density at radius 2 is 1.28 bits per heavy atom. The van der Waals surface area contributed by atoms with Crippen LogP contribution in [0.25, 0.3) is 0 Å². The van der Waals surface area contributed by atoms with Crippen LogP contribution in [0, 0.1) is 0 Å². The minimum Gasteiger partial charge on any atom is -0.748 e. The Morgan fingerprint density at radius 1 is 0.725 bits per heavy atom. The molecule has 3 aliphatic heterocycles. The first-order valence-electron chi connectivity index (χ1n) is 20.8. The van der Waals surface area contributed by atoms with Crippen molar-refractivity contribution in [3.8, 4) is 0 Å². The second-order valence-corrected chi connectivity index (χ2v) is 22.3. The summed E-state index contributed by atoms with van der Waals surface area (Å²) in [6, 6.07) is 7.72. The number of carbonyl (C=O) groups excluding carboxylic acids is 3. The van der Waals surface area contributed by atoms with Gasteiger partial charge in [-0.05, 0) is 94.3 Å². The third-order valence-corrected chi connectivity index (χ3v) is 15.1. The molecule has 0 saturated carbocycles. The molecule has 0 spiro atoms. The largest absolute Gasteiger partial charge is 1.00 e. The summed E-state index contributed by atoms with van der Waals surface area (Å²) < 4.78 is 150. The van der Waals surface area contributed by atoms with Crippen LogP contribution in [0.1, 0.15) is 89.2 Å². The van der Waals surface area contributed by atoms with Crippen LogP contribution in [0.15, 0.2) is 82.3 Å². The number of hydrogen-bond acceptors (Lipinski definition) is 18. The molecule has 2 aromatic carbocycles. The van der Waals surface area contributed by atoms with Crippen LogP contribution in [0.3, 0.4) is 0 Å². The predicted octanol–water partition coefficient (Wildman–Crippen LogP) is -5.90. The number of anilines is 1. The second kappa shape index (κ2) is 26.0. The van der Waals surface area contributed by atoms with E-state index in [1.165, 1.54) is 37.4 Å². The molecule has 0 aliphatic carbocycles. The molecule has 2 unspecified atom stereocenters. The molecule has 1 saturated heterocycles. The van der Waals surface area contributed by atoms with Gasteiger partial charge >= 0.3 is 94.6 Å². The molecule has 69 heavy (non-hydrogen) atoms. The topological polar surface area (TPSA) is 308 Å². The standard InChI is InChI=1S/C42H53N3O17S4.3Na/c1-41(21-10-26-63(49,50)51)32-28-30(65(55,56)57)15-17-34(32)43(23-9-5-8-14-40(48)62-45-38(46)19-20-39(45)47)36(41)12-6-4-7-13-37-42(2,22-11-27-64(52,53)54)33-29-31(66(58,59)60)16-18-35(33)44(37)24-25-61-3;;;/h4,6-7,12-13,15-18,28-29H,5,8-11,14,19-27H2,1-3H3,(H3-,49,50,51,52,53,54,55,56,57,58,59,60);;;/q;3*+1/p-3. The van der Waals surface area contributed by atoms with Gasteiger partial charge in [-0.15, -0.1) is 5.06 Å². The van der Waals surface area contributed by atoms with Gasteiger partial charge in [0, 0.05) is 85.3 Å². The quantitative estimate of drug-likeness (QED) is 0.0250. The van der Waals surface area contributed by atoms with E-state index in [4.69, 9.17) is 9.57 Å². The van der Waals surface area contributed by atoms with Crippen LogP contribution in [0.4, 0.5) is 11.4 Å². The molecule has 0 bridgehead atoms. The van der Waals surface area contributed by atoms with Crippen molar-refractivity contribution in [2.45, 2.75) is 98.7 Å². The van der Waals surface area contributed by atoms with Crippen molar-refractivity contribution in [2.24, 2.45) is 0 Å². The number of methoxy groups -OCH3 is 1. The van der Waals surface area contributed by atoms with Gasteiger partial charge in [-0.1, -0.05) is 18.2 Å². The monoisotopic (exact) mass is 1070 g/mol. The number of hydrogen-bond donors (Lipinski definition) is 0. The fourth-order valence-corrected chi connectivity index (χ4v) is 10.6. The normalized spacial score (nSPS) is 20.1. The smallest absolute Gasteiger partial charge is 0.748 e. The zero-order valence-electron chi connectivity index (χ0n) is 39.4. The maximum absolute atomic E-state index is 12.4. The molecule has 27 heteroatoms. The van der Waals surface area contributed by atoms with E-state index in [-0.39, 0.29) is 153 Å². The van der Waals surface area contributed by atoms with Crippen LogP contribution < -0.4 is 93.6 Å². The van der Waals surface area contributed by atoms with Crippen molar-refractivity contribution in [3.63, 3.8) is 0 Å². The molecule has 2 amide bonds. The number of hydroxylamine groups is 2. The van der Waals surface area contributed by atoms with Crippen LogP contribution >= 0.6 is 0 Å². The summed E-state index contributed by atoms with van der Waals surface area (Å²) in [6.45, 7) is 4.18. The van der Waals surface area contributed by atoms with Gasteiger partial charge in [0.25, 0.3) is 11.8 Å². The molecule has 2 atom stereocenters. The number of benzene rings is 2. The van der Waals surface area contributed by atoms with Gasteiger partial charge < -0.3 is 32.7 Å². The maximum Gasteiger partial charge on any atom is 1.00 e. The summed E-state index contributed by atoms with van der Waals surface area (Å²) in [5, 5.41) is 0.464. The number of rotatable bonds is 23. The fraction of sp³-hybridized carbons (Fsp3) is 0.476. The van der Waals surface area contributed by atoms with Gasteiger partial charge in [0.15, 0.2) is 5.71 Å². The molecule has 3 heterocycles. The Labute approximate surface area is 469 Å². The third-order valence-electron chi connectivity index (χ3n) is 11.8. The molecule has 5 rings (SSSR count). The Morgan fingerprint density at radius 3 is 1.83 bits per heavy atom. The summed E-state index contributed by atoms with van der Waals surface area (Å²) >= 11 is 0. The molecular formula is C42H50N3Na3O17S4. The number of nitrogens with zero attached hydrogens (tertiary/aromatic N) is 3. The minimum absolute atomic E-state index is 0. The van der Waals surface area contributed by atoms with E-state index in [2.05, 4.69) is 0 Å². The SMILES string of the molecule is COCCN1\C(=C/C=C/C=C/C2=[N+](CCCCCC(=O)ON3C(=O)CCC3=O)c3ccc(S(=O)(=O)[O-])cc3C2(C)CCCS(=O)(=O)[O-])C(C)(CCCS(=O)(=O)[O-])c2cc(S(=O)(=O)[O-])ccc21.[Na+].[Na+].[Na+]. The predicted molar refractivity (Wildman–Crippen MR) is 232 cm³/mol. The van der Waals surface area contributed by atoms with E-state index in [9.17, 15) is 66.3 Å². The number of unbranched alkanes of at least 4 members (excludes halogenated alkanes) is 2. The molecule has 0 aromatic heterocycles. The molecule has 0 radical (unpaired) electrons. The van der Waals surface area contributed by atoms with Crippen LogP contribution in [0.2, 0.25) is 0 Å². The van der Waals surface area contributed by atoms with Gasteiger partial charge in [0.05, 0.1) is 42.0 Å². The first-order valence-corrected chi connectivity index (χ1v) is 26.8. The summed E-state index contributed by atoms with van der Waals surface area (Å²) in [5.74, 6) is -3.41. The molecular weight excluding hydrogens is 1020 g/mol. The number of amides is 2. The van der Waals surface area contributed by atoms with Gasteiger partial charge in [-0.25, -0.2) is 38.5 Å². The second-order valence-electron chi connectivity index (χ2n) is 16.5. The number of ether oxygens (including phenoxy) is 1. The third kappa shape index (κ3) is 16.4. The first kappa shape index (κ1) is 63.5. The van der Waals surface area contributed by atoms with Gasteiger partial charge in [-0.3, -0.25) is 9.59 Å². The van der Waals surface area contributed by atoms with Crippen molar-refractivity contribution >= 4 is 75.3 Å². The Balaban J connectivity index is 0.00000544. The number of fused-ring (bicyclic) bond motifs is 2. The van der Waals surface area contributed by atoms with Gasteiger partial charge in [0.2, 0.25) is 5.69 Å².